The summed E-state index contributed by atoms with van der Waals surface area (Å²) < 4.78 is 1.21. The Bertz CT molecular complexity index is 461. The Hall–Kier alpha value is -0.160. The molecule has 1 atom stereocenters. The van der Waals surface area contributed by atoms with Gasteiger partial charge in [-0.1, -0.05) is 0 Å². The molecule has 0 aliphatic heterocycles. The Morgan fingerprint density at radius 2 is 2.19 bits per heavy atom. The minimum Gasteiger partial charge on any atom is -0.313 e. The highest BCUT2D eigenvalue weighted by Gasteiger charge is 2.14. The molecule has 0 aliphatic carbocycles. The molecule has 2 aromatic heterocycles. The molecule has 1 unspecified atom stereocenters. The summed E-state index contributed by atoms with van der Waals surface area (Å²) in [6, 6.07) is 4.74. The summed E-state index contributed by atoms with van der Waals surface area (Å²) in [5.41, 5.74) is 2.82. The predicted octanol–water partition coefficient (Wildman–Crippen LogP) is 4.38. The molecule has 0 fully saturated rings. The predicted molar refractivity (Wildman–Crippen MR) is 76.6 cm³/mol. The lowest BCUT2D eigenvalue weighted by molar-refractivity contribution is 0.595. The van der Waals surface area contributed by atoms with Crippen molar-refractivity contribution in [1.29, 1.82) is 0 Å². The van der Waals surface area contributed by atoms with E-state index in [9.17, 15) is 0 Å². The lowest BCUT2D eigenvalue weighted by Crippen LogP contribution is -2.18. The van der Waals surface area contributed by atoms with Crippen LogP contribution < -0.4 is 5.32 Å². The minimum atomic E-state index is 0.428. The first-order valence-electron chi connectivity index (χ1n) is 5.15. The number of hydrogen-bond acceptors (Lipinski definition) is 3. The number of thiophene rings is 2. The van der Waals surface area contributed by atoms with Gasteiger partial charge in [0.1, 0.15) is 0 Å². The first-order valence-corrected chi connectivity index (χ1v) is 7.70. The van der Waals surface area contributed by atoms with E-state index in [0.717, 1.165) is 6.42 Å². The van der Waals surface area contributed by atoms with Crippen molar-refractivity contribution in [2.75, 3.05) is 7.05 Å². The van der Waals surface area contributed by atoms with Crippen molar-refractivity contribution in [1.82, 2.24) is 5.32 Å². The molecule has 0 saturated heterocycles. The molecular weight excluding hydrogens is 302 g/mol. The second kappa shape index (κ2) is 5.45. The van der Waals surface area contributed by atoms with Crippen LogP contribution >= 0.6 is 38.6 Å². The van der Waals surface area contributed by atoms with Gasteiger partial charge < -0.3 is 5.32 Å². The SMILES string of the molecule is CNC(Cc1ccc(Br)s1)c1cscc1C. The molecule has 1 nitrogen and oxygen atoms in total. The van der Waals surface area contributed by atoms with E-state index in [-0.39, 0.29) is 0 Å². The Balaban J connectivity index is 2.15. The third-order valence-electron chi connectivity index (χ3n) is 2.65. The van der Waals surface area contributed by atoms with Gasteiger partial charge in [0.25, 0.3) is 0 Å². The van der Waals surface area contributed by atoms with Gasteiger partial charge in [0.2, 0.25) is 0 Å². The van der Waals surface area contributed by atoms with Gasteiger partial charge in [-0.15, -0.1) is 11.3 Å². The number of nitrogens with one attached hydrogen (secondary N) is 1. The summed E-state index contributed by atoms with van der Waals surface area (Å²) in [4.78, 5) is 1.41. The van der Waals surface area contributed by atoms with Crippen molar-refractivity contribution >= 4 is 38.6 Å². The first kappa shape index (κ1) is 12.3. The lowest BCUT2D eigenvalue weighted by Gasteiger charge is -2.15. The number of likely N-dealkylation sites (N-methyl/N-ethyl adjacent to an activating group) is 1. The van der Waals surface area contributed by atoms with Gasteiger partial charge in [0.05, 0.1) is 3.79 Å². The van der Waals surface area contributed by atoms with Crippen LogP contribution in [0.2, 0.25) is 0 Å². The summed E-state index contributed by atoms with van der Waals surface area (Å²) in [5, 5.41) is 7.86. The van der Waals surface area contributed by atoms with E-state index in [1.165, 1.54) is 19.8 Å². The van der Waals surface area contributed by atoms with Gasteiger partial charge in [-0.05, 0) is 63.9 Å². The van der Waals surface area contributed by atoms with Gasteiger partial charge in [0.15, 0.2) is 0 Å². The smallest absolute Gasteiger partial charge is 0.0701 e. The molecule has 0 bridgehead atoms. The fourth-order valence-electron chi connectivity index (χ4n) is 1.76. The second-order valence-electron chi connectivity index (χ2n) is 3.76. The molecule has 86 valence electrons. The molecule has 2 aromatic rings. The summed E-state index contributed by atoms with van der Waals surface area (Å²) >= 11 is 7.10. The van der Waals surface area contributed by atoms with Gasteiger partial charge >= 0.3 is 0 Å². The third kappa shape index (κ3) is 2.74. The van der Waals surface area contributed by atoms with Crippen molar-refractivity contribution in [3.63, 3.8) is 0 Å². The van der Waals surface area contributed by atoms with Crippen LogP contribution in [0.15, 0.2) is 26.7 Å². The van der Waals surface area contributed by atoms with E-state index in [1.807, 2.05) is 18.4 Å². The number of rotatable bonds is 4. The zero-order chi connectivity index (χ0) is 11.5. The van der Waals surface area contributed by atoms with Crippen LogP contribution in [0.25, 0.3) is 0 Å². The van der Waals surface area contributed by atoms with E-state index < -0.39 is 0 Å². The highest BCUT2D eigenvalue weighted by Crippen LogP contribution is 2.29. The summed E-state index contributed by atoms with van der Waals surface area (Å²) in [5.74, 6) is 0. The van der Waals surface area contributed by atoms with Crippen molar-refractivity contribution in [3.05, 3.63) is 42.7 Å². The summed E-state index contributed by atoms with van der Waals surface area (Å²) in [6.45, 7) is 2.18. The molecule has 4 heteroatoms. The molecule has 0 saturated carbocycles. The fourth-order valence-corrected chi connectivity index (χ4v) is 4.19. The van der Waals surface area contributed by atoms with E-state index in [1.54, 1.807) is 11.3 Å². The standard InChI is InChI=1S/C12H14BrNS2/c1-8-6-15-7-10(8)11(14-2)5-9-3-4-12(13)16-9/h3-4,6-7,11,14H,5H2,1-2H3. The lowest BCUT2D eigenvalue weighted by atomic mass is 10.0. The van der Waals surface area contributed by atoms with Crippen LogP contribution in [0.5, 0.6) is 0 Å². The number of aryl methyl sites for hydroxylation is 1. The van der Waals surface area contributed by atoms with Gasteiger partial charge in [-0.3, -0.25) is 0 Å². The highest BCUT2D eigenvalue weighted by atomic mass is 79.9. The maximum atomic E-state index is 3.51. The summed E-state index contributed by atoms with van der Waals surface area (Å²) in [6.07, 6.45) is 1.06. The van der Waals surface area contributed by atoms with E-state index in [2.05, 4.69) is 51.1 Å². The molecule has 0 aromatic carbocycles. The van der Waals surface area contributed by atoms with Crippen LogP contribution in [-0.4, -0.2) is 7.05 Å². The average Bonchev–Trinajstić information content (AvgIpc) is 2.84. The number of halogens is 1. The van der Waals surface area contributed by atoms with Gasteiger partial charge in [-0.2, -0.15) is 11.3 Å². The fraction of sp³-hybridized carbons (Fsp3) is 0.333. The Kier molecular flexibility index (Phi) is 4.19. The molecule has 0 spiro atoms. The van der Waals surface area contributed by atoms with Crippen LogP contribution in [0.4, 0.5) is 0 Å². The third-order valence-corrected chi connectivity index (χ3v) is 5.18. The second-order valence-corrected chi connectivity index (χ2v) is 7.05. The molecule has 0 radical (unpaired) electrons. The highest BCUT2D eigenvalue weighted by molar-refractivity contribution is 9.11. The zero-order valence-electron chi connectivity index (χ0n) is 9.29. The molecule has 2 rings (SSSR count). The van der Waals surface area contributed by atoms with Crippen molar-refractivity contribution < 1.29 is 0 Å². The van der Waals surface area contributed by atoms with E-state index >= 15 is 0 Å². The topological polar surface area (TPSA) is 12.0 Å². The molecular formula is C12H14BrNS2. The Labute approximate surface area is 113 Å². The van der Waals surface area contributed by atoms with Gasteiger partial charge in [-0.25, -0.2) is 0 Å². The van der Waals surface area contributed by atoms with Crippen molar-refractivity contribution in [2.24, 2.45) is 0 Å². The van der Waals surface area contributed by atoms with E-state index in [0.29, 0.717) is 6.04 Å². The van der Waals surface area contributed by atoms with Crippen molar-refractivity contribution in [3.8, 4) is 0 Å². The minimum absolute atomic E-state index is 0.428. The molecule has 1 N–H and O–H groups in total. The van der Waals surface area contributed by atoms with E-state index in [4.69, 9.17) is 0 Å². The maximum Gasteiger partial charge on any atom is 0.0701 e. The van der Waals surface area contributed by atoms with Crippen LogP contribution in [0.3, 0.4) is 0 Å². The monoisotopic (exact) mass is 315 g/mol. The maximum absolute atomic E-state index is 3.51. The largest absolute Gasteiger partial charge is 0.313 e. The molecule has 2 heterocycles. The molecule has 16 heavy (non-hydrogen) atoms. The average molecular weight is 316 g/mol. The normalized spacial score (nSPS) is 12.9. The van der Waals surface area contributed by atoms with Gasteiger partial charge in [0, 0.05) is 17.3 Å². The van der Waals surface area contributed by atoms with Crippen molar-refractivity contribution in [2.45, 2.75) is 19.4 Å². The van der Waals surface area contributed by atoms with Crippen LogP contribution in [0.1, 0.15) is 22.0 Å². The zero-order valence-corrected chi connectivity index (χ0v) is 12.5. The molecule has 0 amide bonds. The number of hydrogen-bond donors (Lipinski definition) is 1. The first-order chi connectivity index (χ1) is 7.70. The van der Waals surface area contributed by atoms with Crippen LogP contribution in [-0.2, 0) is 6.42 Å². The quantitative estimate of drug-likeness (QED) is 0.882. The Morgan fingerprint density at radius 1 is 1.38 bits per heavy atom. The molecule has 0 aliphatic rings. The summed E-state index contributed by atoms with van der Waals surface area (Å²) in [7, 11) is 2.03. The Morgan fingerprint density at radius 3 is 2.69 bits per heavy atom. The van der Waals surface area contributed by atoms with Crippen LogP contribution in [0, 0.1) is 6.92 Å².